The van der Waals surface area contributed by atoms with Gasteiger partial charge in [0.25, 0.3) is 0 Å². The first-order valence-electron chi connectivity index (χ1n) is 24.4. The third-order valence-electron chi connectivity index (χ3n) is 11.0. The van der Waals surface area contributed by atoms with E-state index in [2.05, 4.69) is 74.7 Å². The quantitative estimate of drug-likeness (QED) is 0.0247. The average molecular weight is 800 g/mol. The summed E-state index contributed by atoms with van der Waals surface area (Å²) in [5.74, 6) is -0.503. The Morgan fingerprint density at radius 1 is 0.526 bits per heavy atom. The highest BCUT2D eigenvalue weighted by atomic mass is 16.5. The van der Waals surface area contributed by atoms with E-state index in [9.17, 15) is 19.8 Å². The van der Waals surface area contributed by atoms with E-state index in [1.165, 1.54) is 103 Å². The smallest absolute Gasteiger partial charge is 0.306 e. The SMILES string of the molecule is CC/C=C/C=C/C=C/CCCCCCCC(CC(=O)NC(CO)C(O)CCCCCCCCCCC)OC(=O)CCCCCCC/C=C/CCCCCCCCC. The number of aliphatic hydroxyl groups is 2. The van der Waals surface area contributed by atoms with Crippen molar-refractivity contribution in [3.05, 3.63) is 48.6 Å². The summed E-state index contributed by atoms with van der Waals surface area (Å²) in [5.41, 5.74) is 0. The molecule has 0 aromatic carbocycles. The minimum absolute atomic E-state index is 0.0607. The summed E-state index contributed by atoms with van der Waals surface area (Å²) in [7, 11) is 0. The monoisotopic (exact) mass is 800 g/mol. The van der Waals surface area contributed by atoms with Crippen molar-refractivity contribution in [3.63, 3.8) is 0 Å². The van der Waals surface area contributed by atoms with Crippen molar-refractivity contribution in [1.82, 2.24) is 5.32 Å². The second-order valence-electron chi connectivity index (χ2n) is 16.5. The molecule has 0 rings (SSSR count). The number of nitrogens with one attached hydrogen (secondary N) is 1. The number of amides is 1. The maximum atomic E-state index is 13.1. The molecule has 0 saturated carbocycles. The van der Waals surface area contributed by atoms with Crippen molar-refractivity contribution >= 4 is 11.9 Å². The number of allylic oxidation sites excluding steroid dienone is 8. The number of hydrogen-bond donors (Lipinski definition) is 3. The summed E-state index contributed by atoms with van der Waals surface area (Å²) in [5, 5.41) is 23.6. The van der Waals surface area contributed by atoms with Crippen LogP contribution in [0.15, 0.2) is 48.6 Å². The summed E-state index contributed by atoms with van der Waals surface area (Å²) in [4.78, 5) is 26.0. The number of unbranched alkanes of at least 4 members (excludes halogenated alkanes) is 25. The minimum Gasteiger partial charge on any atom is -0.462 e. The molecule has 0 spiro atoms. The number of hydrogen-bond acceptors (Lipinski definition) is 5. The molecule has 0 aromatic rings. The lowest BCUT2D eigenvalue weighted by molar-refractivity contribution is -0.151. The molecule has 0 aromatic heterocycles. The fourth-order valence-electron chi connectivity index (χ4n) is 7.25. The summed E-state index contributed by atoms with van der Waals surface area (Å²) in [6.07, 6.45) is 53.2. The molecule has 0 fully saturated rings. The van der Waals surface area contributed by atoms with Gasteiger partial charge in [-0.1, -0.05) is 204 Å². The molecular weight excluding hydrogens is 707 g/mol. The highest BCUT2D eigenvalue weighted by molar-refractivity contribution is 5.77. The first-order valence-corrected chi connectivity index (χ1v) is 24.4. The highest BCUT2D eigenvalue weighted by Crippen LogP contribution is 2.17. The second-order valence-corrected chi connectivity index (χ2v) is 16.5. The van der Waals surface area contributed by atoms with Gasteiger partial charge in [0.1, 0.15) is 6.10 Å². The molecule has 1 amide bonds. The van der Waals surface area contributed by atoms with Crippen LogP contribution in [0.4, 0.5) is 0 Å². The summed E-state index contributed by atoms with van der Waals surface area (Å²) < 4.78 is 5.91. The number of esters is 1. The van der Waals surface area contributed by atoms with Gasteiger partial charge < -0.3 is 20.3 Å². The lowest BCUT2D eigenvalue weighted by atomic mass is 10.0. The molecule has 0 aliphatic carbocycles. The first kappa shape index (κ1) is 54.8. The van der Waals surface area contributed by atoms with Crippen LogP contribution in [0.2, 0.25) is 0 Å². The summed E-state index contributed by atoms with van der Waals surface area (Å²) >= 11 is 0. The molecule has 0 aliphatic heterocycles. The third-order valence-corrected chi connectivity index (χ3v) is 11.0. The average Bonchev–Trinajstić information content (AvgIpc) is 3.20. The van der Waals surface area contributed by atoms with Gasteiger partial charge in [0.2, 0.25) is 5.91 Å². The van der Waals surface area contributed by atoms with Gasteiger partial charge in [0.15, 0.2) is 0 Å². The molecule has 332 valence electrons. The zero-order chi connectivity index (χ0) is 41.7. The Hall–Kier alpha value is -2.18. The Labute approximate surface area is 353 Å². The van der Waals surface area contributed by atoms with Crippen LogP contribution in [-0.4, -0.2) is 46.9 Å². The topological polar surface area (TPSA) is 95.9 Å². The number of carbonyl (C=O) groups is 2. The maximum Gasteiger partial charge on any atom is 0.306 e. The Bertz CT molecular complexity index is 988. The van der Waals surface area contributed by atoms with Gasteiger partial charge in [-0.15, -0.1) is 0 Å². The summed E-state index contributed by atoms with van der Waals surface area (Å²) in [6.45, 7) is 6.32. The molecule has 3 unspecified atom stereocenters. The molecule has 6 nitrogen and oxygen atoms in total. The molecule has 0 saturated heterocycles. The van der Waals surface area contributed by atoms with E-state index in [1.807, 2.05) is 0 Å². The lowest BCUT2D eigenvalue weighted by Gasteiger charge is -2.24. The number of rotatable bonds is 43. The van der Waals surface area contributed by atoms with E-state index >= 15 is 0 Å². The van der Waals surface area contributed by atoms with Crippen LogP contribution < -0.4 is 5.32 Å². The Balaban J connectivity index is 4.60. The maximum absolute atomic E-state index is 13.1. The highest BCUT2D eigenvalue weighted by Gasteiger charge is 2.24. The molecule has 0 aliphatic rings. The Morgan fingerprint density at radius 3 is 1.47 bits per heavy atom. The van der Waals surface area contributed by atoms with E-state index in [1.54, 1.807) is 0 Å². The summed E-state index contributed by atoms with van der Waals surface area (Å²) in [6, 6.07) is -0.708. The van der Waals surface area contributed by atoms with E-state index in [0.717, 1.165) is 89.9 Å². The fourth-order valence-corrected chi connectivity index (χ4v) is 7.25. The Kier molecular flexibility index (Phi) is 43.2. The van der Waals surface area contributed by atoms with Crippen LogP contribution in [0, 0.1) is 0 Å². The van der Waals surface area contributed by atoms with Crippen LogP contribution in [0.25, 0.3) is 0 Å². The van der Waals surface area contributed by atoms with E-state index in [4.69, 9.17) is 4.74 Å². The third kappa shape index (κ3) is 40.4. The zero-order valence-corrected chi connectivity index (χ0v) is 37.7. The van der Waals surface area contributed by atoms with Crippen molar-refractivity contribution in [2.75, 3.05) is 6.61 Å². The number of ether oxygens (including phenoxy) is 1. The van der Waals surface area contributed by atoms with Gasteiger partial charge in [-0.05, 0) is 70.6 Å². The van der Waals surface area contributed by atoms with Gasteiger partial charge in [0, 0.05) is 6.42 Å². The lowest BCUT2D eigenvalue weighted by Crippen LogP contribution is -2.46. The largest absolute Gasteiger partial charge is 0.462 e. The van der Waals surface area contributed by atoms with Crippen LogP contribution in [0.1, 0.15) is 239 Å². The molecule has 0 radical (unpaired) electrons. The van der Waals surface area contributed by atoms with Crippen molar-refractivity contribution in [3.8, 4) is 0 Å². The van der Waals surface area contributed by atoms with Gasteiger partial charge in [-0.3, -0.25) is 9.59 Å². The van der Waals surface area contributed by atoms with Crippen LogP contribution in [-0.2, 0) is 14.3 Å². The zero-order valence-electron chi connectivity index (χ0n) is 37.7. The van der Waals surface area contributed by atoms with E-state index in [-0.39, 0.29) is 24.9 Å². The standard InChI is InChI=1S/C51H93NO5/c1-4-7-10-13-16-19-21-23-24-25-27-29-32-35-38-41-44-51(56)57-47(42-39-36-33-31-28-26-22-20-17-14-11-8-5-2)45-50(55)52-48(46-53)49(54)43-40-37-34-30-18-15-12-9-6-3/h8,11,14,17,20,22,24-25,47-49,53-54H,4-7,9-10,12-13,15-16,18-19,21,23,26-46H2,1-3H3,(H,52,55)/b11-8+,17-14+,22-20+,25-24+. The molecule has 0 bridgehead atoms. The van der Waals surface area contributed by atoms with E-state index in [0.29, 0.717) is 19.3 Å². The van der Waals surface area contributed by atoms with E-state index < -0.39 is 18.2 Å². The number of carbonyl (C=O) groups excluding carboxylic acids is 2. The van der Waals surface area contributed by atoms with Gasteiger partial charge in [-0.25, -0.2) is 0 Å². The molecule has 0 heterocycles. The molecular formula is C51H93NO5. The Morgan fingerprint density at radius 2 is 0.965 bits per heavy atom. The van der Waals surface area contributed by atoms with Crippen molar-refractivity contribution in [1.29, 1.82) is 0 Å². The van der Waals surface area contributed by atoms with Crippen molar-refractivity contribution < 1.29 is 24.5 Å². The van der Waals surface area contributed by atoms with Crippen LogP contribution >= 0.6 is 0 Å². The van der Waals surface area contributed by atoms with Crippen LogP contribution in [0.5, 0.6) is 0 Å². The van der Waals surface area contributed by atoms with Crippen molar-refractivity contribution in [2.24, 2.45) is 0 Å². The second kappa shape index (κ2) is 44.9. The predicted octanol–water partition coefficient (Wildman–Crippen LogP) is 14.3. The van der Waals surface area contributed by atoms with Crippen molar-refractivity contribution in [2.45, 2.75) is 257 Å². The normalized spacial score (nSPS) is 13.7. The van der Waals surface area contributed by atoms with Gasteiger partial charge >= 0.3 is 5.97 Å². The molecule has 3 N–H and O–H groups in total. The van der Waals surface area contributed by atoms with Gasteiger partial charge in [-0.2, -0.15) is 0 Å². The van der Waals surface area contributed by atoms with Crippen LogP contribution in [0.3, 0.4) is 0 Å². The van der Waals surface area contributed by atoms with Gasteiger partial charge in [0.05, 0.1) is 25.2 Å². The fraction of sp³-hybridized carbons (Fsp3) is 0.804. The molecule has 57 heavy (non-hydrogen) atoms. The first-order chi connectivity index (χ1) is 28.0. The predicted molar refractivity (Wildman–Crippen MR) is 245 cm³/mol. The molecule has 6 heteroatoms. The number of aliphatic hydroxyl groups excluding tert-OH is 2. The molecule has 3 atom stereocenters. The minimum atomic E-state index is -0.792.